The van der Waals surface area contributed by atoms with E-state index in [2.05, 4.69) is 31.4 Å². The van der Waals surface area contributed by atoms with Crippen LogP contribution in [-0.4, -0.2) is 43.3 Å². The standard InChI is InChI=1S/C18H29N3O3S/c1-5-18(3,4)20-14(2)17(22)19-15-8-10-16(11-9-15)25(23,24)21-12-6-7-13-21/h8-11,14,20H,5-7,12-13H2,1-4H3,(H,19,22)/p+1/t14-/m1/s1. The average molecular weight is 369 g/mol. The van der Waals surface area contributed by atoms with E-state index in [0.717, 1.165) is 19.3 Å². The van der Waals surface area contributed by atoms with Crippen LogP contribution in [0.2, 0.25) is 0 Å². The van der Waals surface area contributed by atoms with Crippen LogP contribution in [0.15, 0.2) is 29.2 Å². The predicted molar refractivity (Wildman–Crippen MR) is 98.8 cm³/mol. The summed E-state index contributed by atoms with van der Waals surface area (Å²) in [7, 11) is -3.41. The number of amides is 1. The monoisotopic (exact) mass is 368 g/mol. The fraction of sp³-hybridized carbons (Fsp3) is 0.611. The maximum Gasteiger partial charge on any atom is 0.282 e. The minimum atomic E-state index is -3.41. The number of nitrogens with two attached hydrogens (primary N) is 1. The number of anilines is 1. The summed E-state index contributed by atoms with van der Waals surface area (Å²) in [6, 6.07) is 6.21. The smallest absolute Gasteiger partial charge is 0.282 e. The van der Waals surface area contributed by atoms with Gasteiger partial charge in [-0.3, -0.25) is 4.79 Å². The van der Waals surface area contributed by atoms with Crippen LogP contribution in [0.5, 0.6) is 0 Å². The topological polar surface area (TPSA) is 83.1 Å². The first-order valence-corrected chi connectivity index (χ1v) is 10.4. The molecule has 1 atom stereocenters. The molecule has 1 aliphatic rings. The molecule has 1 aromatic rings. The lowest BCUT2D eigenvalue weighted by Crippen LogP contribution is -3.00. The highest BCUT2D eigenvalue weighted by Crippen LogP contribution is 2.22. The number of nitrogens with zero attached hydrogens (tertiary/aromatic N) is 1. The highest BCUT2D eigenvalue weighted by molar-refractivity contribution is 7.89. The molecule has 140 valence electrons. The SMILES string of the molecule is CCC(C)(C)[NH2+][C@H](C)C(=O)Nc1ccc(S(=O)(=O)N2CCCC2)cc1. The molecule has 1 fully saturated rings. The highest BCUT2D eigenvalue weighted by atomic mass is 32.2. The summed E-state index contributed by atoms with van der Waals surface area (Å²) in [5.41, 5.74) is 0.615. The molecule has 0 radical (unpaired) electrons. The van der Waals surface area contributed by atoms with Crippen molar-refractivity contribution in [1.82, 2.24) is 4.31 Å². The molecule has 1 saturated heterocycles. The van der Waals surface area contributed by atoms with Gasteiger partial charge >= 0.3 is 0 Å². The maximum atomic E-state index is 12.5. The van der Waals surface area contributed by atoms with E-state index in [-0.39, 0.29) is 22.4 Å². The number of hydrogen-bond acceptors (Lipinski definition) is 3. The number of nitrogens with one attached hydrogen (secondary N) is 1. The lowest BCUT2D eigenvalue weighted by molar-refractivity contribution is -0.737. The van der Waals surface area contributed by atoms with Crippen molar-refractivity contribution in [2.24, 2.45) is 0 Å². The summed E-state index contributed by atoms with van der Waals surface area (Å²) in [4.78, 5) is 12.6. The molecule has 1 aromatic carbocycles. The van der Waals surface area contributed by atoms with E-state index in [1.54, 1.807) is 24.3 Å². The molecule has 1 aliphatic heterocycles. The molecule has 0 spiro atoms. The zero-order valence-electron chi connectivity index (χ0n) is 15.6. The van der Waals surface area contributed by atoms with Crippen LogP contribution in [0.25, 0.3) is 0 Å². The molecular weight excluding hydrogens is 338 g/mol. The van der Waals surface area contributed by atoms with E-state index >= 15 is 0 Å². The fourth-order valence-electron chi connectivity index (χ4n) is 2.91. The second kappa shape index (κ2) is 7.85. The Hall–Kier alpha value is -1.44. The summed E-state index contributed by atoms with van der Waals surface area (Å²) >= 11 is 0. The van der Waals surface area contributed by atoms with Crippen LogP contribution in [0, 0.1) is 0 Å². The van der Waals surface area contributed by atoms with Gasteiger partial charge in [-0.05, 0) is 64.3 Å². The Bertz CT molecular complexity index is 693. The third-order valence-corrected chi connectivity index (χ3v) is 6.76. The van der Waals surface area contributed by atoms with Crippen molar-refractivity contribution in [3.05, 3.63) is 24.3 Å². The molecule has 1 amide bonds. The summed E-state index contributed by atoms with van der Waals surface area (Å²) in [5, 5.41) is 4.91. The van der Waals surface area contributed by atoms with Gasteiger partial charge in [0.05, 0.1) is 10.4 Å². The minimum Gasteiger partial charge on any atom is -0.332 e. The van der Waals surface area contributed by atoms with Crippen LogP contribution >= 0.6 is 0 Å². The van der Waals surface area contributed by atoms with Gasteiger partial charge in [0.25, 0.3) is 5.91 Å². The molecule has 25 heavy (non-hydrogen) atoms. The lowest BCUT2D eigenvalue weighted by Gasteiger charge is -2.24. The van der Waals surface area contributed by atoms with Gasteiger partial charge in [0, 0.05) is 18.8 Å². The summed E-state index contributed by atoms with van der Waals surface area (Å²) in [5.74, 6) is -0.0864. The fourth-order valence-corrected chi connectivity index (χ4v) is 4.43. The van der Waals surface area contributed by atoms with E-state index < -0.39 is 10.0 Å². The Morgan fingerprint density at radius 2 is 1.80 bits per heavy atom. The first-order chi connectivity index (χ1) is 11.7. The van der Waals surface area contributed by atoms with Crippen LogP contribution in [0.1, 0.15) is 47.0 Å². The average Bonchev–Trinajstić information content (AvgIpc) is 3.10. The van der Waals surface area contributed by atoms with Gasteiger partial charge in [-0.25, -0.2) is 8.42 Å². The Labute approximate surface area is 151 Å². The molecule has 0 aromatic heterocycles. The Morgan fingerprint density at radius 1 is 1.24 bits per heavy atom. The van der Waals surface area contributed by atoms with E-state index in [1.165, 1.54) is 4.31 Å². The van der Waals surface area contributed by atoms with Crippen molar-refractivity contribution in [2.75, 3.05) is 18.4 Å². The second-order valence-electron chi connectivity index (χ2n) is 7.42. The summed E-state index contributed by atoms with van der Waals surface area (Å²) in [6.45, 7) is 9.35. The maximum absolute atomic E-state index is 12.5. The Kier molecular flexibility index (Phi) is 6.24. The van der Waals surface area contributed by atoms with E-state index in [0.29, 0.717) is 18.8 Å². The van der Waals surface area contributed by atoms with E-state index in [9.17, 15) is 13.2 Å². The van der Waals surface area contributed by atoms with Gasteiger partial charge in [0.2, 0.25) is 10.0 Å². The molecule has 2 rings (SSSR count). The number of hydrogen-bond donors (Lipinski definition) is 2. The molecular formula is C18H30N3O3S+. The molecule has 0 bridgehead atoms. The molecule has 1 heterocycles. The molecule has 0 unspecified atom stereocenters. The zero-order valence-corrected chi connectivity index (χ0v) is 16.4. The number of rotatable bonds is 7. The van der Waals surface area contributed by atoms with E-state index in [4.69, 9.17) is 0 Å². The zero-order chi connectivity index (χ0) is 18.7. The Balaban J connectivity index is 2.01. The van der Waals surface area contributed by atoms with Crippen molar-refractivity contribution in [3.63, 3.8) is 0 Å². The van der Waals surface area contributed by atoms with Crippen molar-refractivity contribution >= 4 is 21.6 Å². The summed E-state index contributed by atoms with van der Waals surface area (Å²) < 4.78 is 26.5. The first kappa shape index (κ1) is 19.9. The van der Waals surface area contributed by atoms with E-state index in [1.807, 2.05) is 6.92 Å². The first-order valence-electron chi connectivity index (χ1n) is 8.93. The highest BCUT2D eigenvalue weighted by Gasteiger charge is 2.28. The number of carbonyl (C=O) groups is 1. The number of benzene rings is 1. The number of carbonyl (C=O) groups excluding carboxylic acids is 1. The normalized spacial score (nSPS) is 17.4. The van der Waals surface area contributed by atoms with Crippen LogP contribution < -0.4 is 10.6 Å². The van der Waals surface area contributed by atoms with Crippen molar-refractivity contribution in [3.8, 4) is 0 Å². The van der Waals surface area contributed by atoms with Crippen molar-refractivity contribution in [1.29, 1.82) is 0 Å². The number of sulfonamides is 1. The largest absolute Gasteiger partial charge is 0.332 e. The summed E-state index contributed by atoms with van der Waals surface area (Å²) in [6.07, 6.45) is 2.79. The molecule has 3 N–H and O–H groups in total. The van der Waals surface area contributed by atoms with Crippen LogP contribution in [0.4, 0.5) is 5.69 Å². The predicted octanol–water partition coefficient (Wildman–Crippen LogP) is 1.55. The quantitative estimate of drug-likeness (QED) is 0.766. The van der Waals surface area contributed by atoms with Crippen LogP contribution in [-0.2, 0) is 14.8 Å². The van der Waals surface area contributed by atoms with Gasteiger partial charge < -0.3 is 10.6 Å². The van der Waals surface area contributed by atoms with Gasteiger partial charge in [-0.2, -0.15) is 4.31 Å². The van der Waals surface area contributed by atoms with Gasteiger partial charge in [0.15, 0.2) is 6.04 Å². The lowest BCUT2D eigenvalue weighted by atomic mass is 10.0. The molecule has 6 nitrogen and oxygen atoms in total. The molecule has 0 aliphatic carbocycles. The van der Waals surface area contributed by atoms with Crippen molar-refractivity contribution < 1.29 is 18.5 Å². The van der Waals surface area contributed by atoms with Crippen molar-refractivity contribution in [2.45, 2.75) is 63.4 Å². The van der Waals surface area contributed by atoms with Crippen LogP contribution in [0.3, 0.4) is 0 Å². The Morgan fingerprint density at radius 3 is 2.32 bits per heavy atom. The van der Waals surface area contributed by atoms with Gasteiger partial charge in [-0.1, -0.05) is 6.92 Å². The second-order valence-corrected chi connectivity index (χ2v) is 9.36. The van der Waals surface area contributed by atoms with Gasteiger partial charge in [0.1, 0.15) is 0 Å². The minimum absolute atomic E-state index is 0.00439. The number of quaternary nitrogens is 1. The molecule has 7 heteroatoms. The third kappa shape index (κ3) is 5.03. The molecule has 0 saturated carbocycles. The van der Waals surface area contributed by atoms with Gasteiger partial charge in [-0.15, -0.1) is 0 Å². The third-order valence-electron chi connectivity index (χ3n) is 4.85.